The molecular formula is C26H31NO2. The Hall–Kier alpha value is -2.94. The highest BCUT2D eigenvalue weighted by Crippen LogP contribution is 2.24. The average molecular weight is 390 g/mol. The molecule has 0 bridgehead atoms. The maximum absolute atomic E-state index is 6.16. The van der Waals surface area contributed by atoms with Gasteiger partial charge in [0.1, 0.15) is 17.6 Å². The van der Waals surface area contributed by atoms with Gasteiger partial charge in [-0.1, -0.05) is 54.6 Å². The van der Waals surface area contributed by atoms with Crippen LogP contribution in [-0.4, -0.2) is 19.3 Å². The monoisotopic (exact) mass is 389 g/mol. The minimum Gasteiger partial charge on any atom is -0.494 e. The number of aryl methyl sites for hydroxylation is 3. The van der Waals surface area contributed by atoms with E-state index in [9.17, 15) is 0 Å². The third-order valence-electron chi connectivity index (χ3n) is 4.88. The zero-order chi connectivity index (χ0) is 20.5. The second-order valence-electron chi connectivity index (χ2n) is 7.50. The predicted octanol–water partition coefficient (Wildman–Crippen LogP) is 6.19. The molecule has 1 N–H and O–H groups in total. The van der Waals surface area contributed by atoms with Gasteiger partial charge in [0, 0.05) is 11.8 Å². The zero-order valence-corrected chi connectivity index (χ0v) is 17.7. The number of anilines is 1. The fourth-order valence-electron chi connectivity index (χ4n) is 3.30. The molecule has 0 spiro atoms. The molecule has 0 aliphatic rings. The van der Waals surface area contributed by atoms with Gasteiger partial charge in [0.15, 0.2) is 0 Å². The quantitative estimate of drug-likeness (QED) is 0.419. The third kappa shape index (κ3) is 6.56. The van der Waals surface area contributed by atoms with Gasteiger partial charge in [-0.25, -0.2) is 0 Å². The van der Waals surface area contributed by atoms with Crippen LogP contribution >= 0.6 is 0 Å². The largest absolute Gasteiger partial charge is 0.494 e. The first-order chi connectivity index (χ1) is 14.1. The van der Waals surface area contributed by atoms with Crippen molar-refractivity contribution in [1.29, 1.82) is 0 Å². The lowest BCUT2D eigenvalue weighted by Gasteiger charge is -2.19. The summed E-state index contributed by atoms with van der Waals surface area (Å²) in [6.07, 6.45) is 2.10. The summed E-state index contributed by atoms with van der Waals surface area (Å²) in [5.74, 6) is 1.88. The van der Waals surface area contributed by atoms with Gasteiger partial charge in [-0.15, -0.1) is 0 Å². The molecule has 3 aromatic carbocycles. The van der Waals surface area contributed by atoms with Crippen molar-refractivity contribution in [1.82, 2.24) is 0 Å². The van der Waals surface area contributed by atoms with E-state index in [4.69, 9.17) is 9.47 Å². The molecule has 0 saturated carbocycles. The maximum atomic E-state index is 6.16. The Kier molecular flexibility index (Phi) is 7.57. The zero-order valence-electron chi connectivity index (χ0n) is 17.7. The van der Waals surface area contributed by atoms with Gasteiger partial charge in [0.2, 0.25) is 0 Å². The van der Waals surface area contributed by atoms with E-state index >= 15 is 0 Å². The van der Waals surface area contributed by atoms with Crippen molar-refractivity contribution in [2.45, 2.75) is 39.7 Å². The van der Waals surface area contributed by atoms with Crippen molar-refractivity contribution in [3.8, 4) is 11.5 Å². The van der Waals surface area contributed by atoms with Crippen LogP contribution in [0.25, 0.3) is 0 Å². The van der Waals surface area contributed by atoms with Crippen LogP contribution < -0.4 is 14.8 Å². The summed E-state index contributed by atoms with van der Waals surface area (Å²) in [7, 11) is 0. The van der Waals surface area contributed by atoms with Gasteiger partial charge < -0.3 is 14.8 Å². The first kappa shape index (κ1) is 20.8. The molecule has 3 rings (SSSR count). The normalized spacial score (nSPS) is 11.7. The van der Waals surface area contributed by atoms with E-state index in [1.165, 1.54) is 16.7 Å². The molecule has 0 amide bonds. The SMILES string of the molecule is Cc1cccc(C)c1OC(C)CNc1cccc(OCCCc2ccccc2)c1. The smallest absolute Gasteiger partial charge is 0.125 e. The molecule has 0 fully saturated rings. The fraction of sp³-hybridized carbons (Fsp3) is 0.308. The Morgan fingerprint density at radius 3 is 2.34 bits per heavy atom. The summed E-state index contributed by atoms with van der Waals surface area (Å²) in [5, 5.41) is 3.46. The lowest BCUT2D eigenvalue weighted by molar-refractivity contribution is 0.231. The van der Waals surface area contributed by atoms with E-state index in [0.29, 0.717) is 6.61 Å². The standard InChI is InChI=1S/C26H31NO2/c1-20-10-7-11-21(2)26(20)29-22(3)19-27-24-15-8-16-25(18-24)28-17-9-14-23-12-5-4-6-13-23/h4-8,10-13,15-16,18,22,27H,9,14,17,19H2,1-3H3. The van der Waals surface area contributed by atoms with Crippen molar-refractivity contribution in [3.63, 3.8) is 0 Å². The van der Waals surface area contributed by atoms with Gasteiger partial charge >= 0.3 is 0 Å². The highest BCUT2D eigenvalue weighted by Gasteiger charge is 2.09. The molecule has 1 atom stereocenters. The molecule has 0 saturated heterocycles. The lowest BCUT2D eigenvalue weighted by atomic mass is 10.1. The summed E-state index contributed by atoms with van der Waals surface area (Å²) in [6.45, 7) is 7.70. The van der Waals surface area contributed by atoms with Gasteiger partial charge in [0.05, 0.1) is 13.2 Å². The van der Waals surface area contributed by atoms with Gasteiger partial charge in [0.25, 0.3) is 0 Å². The fourth-order valence-corrected chi connectivity index (χ4v) is 3.30. The van der Waals surface area contributed by atoms with E-state index in [-0.39, 0.29) is 6.10 Å². The summed E-state index contributed by atoms with van der Waals surface area (Å²) >= 11 is 0. The third-order valence-corrected chi connectivity index (χ3v) is 4.88. The Balaban J connectivity index is 1.44. The number of rotatable bonds is 10. The average Bonchev–Trinajstić information content (AvgIpc) is 2.74. The van der Waals surface area contributed by atoms with Gasteiger partial charge in [-0.2, -0.15) is 0 Å². The molecule has 152 valence electrons. The second-order valence-corrected chi connectivity index (χ2v) is 7.50. The summed E-state index contributed by atoms with van der Waals surface area (Å²) < 4.78 is 12.1. The van der Waals surface area contributed by atoms with Crippen molar-refractivity contribution in [2.24, 2.45) is 0 Å². The molecule has 0 aromatic heterocycles. The molecule has 1 unspecified atom stereocenters. The van der Waals surface area contributed by atoms with Crippen LogP contribution in [0.1, 0.15) is 30.0 Å². The minimum absolute atomic E-state index is 0.0604. The van der Waals surface area contributed by atoms with Crippen molar-refractivity contribution >= 4 is 5.69 Å². The van der Waals surface area contributed by atoms with Crippen LogP contribution in [0.5, 0.6) is 11.5 Å². The summed E-state index contributed by atoms with van der Waals surface area (Å²) in [5.41, 5.74) is 4.73. The van der Waals surface area contributed by atoms with Crippen molar-refractivity contribution < 1.29 is 9.47 Å². The van der Waals surface area contributed by atoms with Crippen LogP contribution in [-0.2, 0) is 6.42 Å². The van der Waals surface area contributed by atoms with Gasteiger partial charge in [-0.05, 0) is 62.4 Å². The summed E-state index contributed by atoms with van der Waals surface area (Å²) in [4.78, 5) is 0. The van der Waals surface area contributed by atoms with Crippen LogP contribution in [0.15, 0.2) is 72.8 Å². The highest BCUT2D eigenvalue weighted by atomic mass is 16.5. The predicted molar refractivity (Wildman–Crippen MR) is 121 cm³/mol. The first-order valence-electron chi connectivity index (χ1n) is 10.4. The Morgan fingerprint density at radius 1 is 0.862 bits per heavy atom. The van der Waals surface area contributed by atoms with E-state index in [0.717, 1.165) is 36.6 Å². The Labute approximate surface area is 174 Å². The van der Waals surface area contributed by atoms with Crippen molar-refractivity contribution in [3.05, 3.63) is 89.5 Å². The molecule has 29 heavy (non-hydrogen) atoms. The molecule has 3 nitrogen and oxygen atoms in total. The molecule has 0 aliphatic carbocycles. The maximum Gasteiger partial charge on any atom is 0.125 e. The second kappa shape index (κ2) is 10.6. The minimum atomic E-state index is 0.0604. The van der Waals surface area contributed by atoms with E-state index < -0.39 is 0 Å². The van der Waals surface area contributed by atoms with E-state index in [2.05, 4.69) is 74.6 Å². The van der Waals surface area contributed by atoms with Crippen LogP contribution in [0.2, 0.25) is 0 Å². The lowest BCUT2D eigenvalue weighted by Crippen LogP contribution is -2.23. The Morgan fingerprint density at radius 2 is 1.59 bits per heavy atom. The molecule has 0 aliphatic heterocycles. The topological polar surface area (TPSA) is 30.5 Å². The van der Waals surface area contributed by atoms with Crippen LogP contribution in [0, 0.1) is 13.8 Å². The number of ether oxygens (including phenoxy) is 2. The Bertz CT molecular complexity index is 872. The first-order valence-corrected chi connectivity index (χ1v) is 10.4. The van der Waals surface area contributed by atoms with Crippen LogP contribution in [0.3, 0.4) is 0 Å². The summed E-state index contributed by atoms with van der Waals surface area (Å²) in [6, 6.07) is 24.9. The molecule has 3 heteroatoms. The number of hydrogen-bond acceptors (Lipinski definition) is 3. The van der Waals surface area contributed by atoms with Crippen LogP contribution in [0.4, 0.5) is 5.69 Å². The van der Waals surface area contributed by atoms with Crippen molar-refractivity contribution in [2.75, 3.05) is 18.5 Å². The number of para-hydroxylation sites is 1. The van der Waals surface area contributed by atoms with E-state index in [1.807, 2.05) is 24.3 Å². The number of benzene rings is 3. The highest BCUT2D eigenvalue weighted by molar-refractivity contribution is 5.48. The molecule has 0 heterocycles. The molecular weight excluding hydrogens is 358 g/mol. The molecule has 0 radical (unpaired) electrons. The van der Waals surface area contributed by atoms with Gasteiger partial charge in [-0.3, -0.25) is 0 Å². The van der Waals surface area contributed by atoms with E-state index in [1.54, 1.807) is 0 Å². The molecule has 3 aromatic rings. The number of hydrogen-bond donors (Lipinski definition) is 1. The number of nitrogens with one attached hydrogen (secondary N) is 1.